The largest absolute Gasteiger partial charge is 0.380 e. The third-order valence-electron chi connectivity index (χ3n) is 5.47. The average molecular weight is 448 g/mol. The third-order valence-corrected chi connectivity index (χ3v) is 7.03. The molecule has 32 heavy (non-hydrogen) atoms. The van der Waals surface area contributed by atoms with Crippen molar-refractivity contribution < 1.29 is 13.9 Å². The lowest BCUT2D eigenvalue weighted by atomic mass is 10.0. The number of benzene rings is 3. The highest BCUT2D eigenvalue weighted by atomic mass is 28.2. The van der Waals surface area contributed by atoms with Crippen LogP contribution >= 0.6 is 0 Å². The summed E-state index contributed by atoms with van der Waals surface area (Å²) in [6.07, 6.45) is 1.06. The first-order valence-corrected chi connectivity index (χ1v) is 11.6. The first-order chi connectivity index (χ1) is 15.4. The quantitative estimate of drug-likeness (QED) is 0.418. The summed E-state index contributed by atoms with van der Waals surface area (Å²) in [6, 6.07) is 18.7. The predicted molar refractivity (Wildman–Crippen MR) is 120 cm³/mol. The van der Waals surface area contributed by atoms with Crippen LogP contribution in [0.25, 0.3) is 0 Å². The van der Waals surface area contributed by atoms with Gasteiger partial charge in [0.15, 0.2) is 5.82 Å². The van der Waals surface area contributed by atoms with Crippen LogP contribution in [0.15, 0.2) is 73.1 Å². The van der Waals surface area contributed by atoms with E-state index >= 15 is 0 Å². The molecule has 162 valence electrons. The van der Waals surface area contributed by atoms with Crippen molar-refractivity contribution in [3.63, 3.8) is 0 Å². The second-order valence-corrected chi connectivity index (χ2v) is 9.08. The molecule has 0 amide bonds. The molecule has 0 bridgehead atoms. The number of halogens is 2. The van der Waals surface area contributed by atoms with Gasteiger partial charge in [-0.05, 0) is 60.4 Å². The summed E-state index contributed by atoms with van der Waals surface area (Å²) in [6.45, 7) is 3.94. The SMILES string of the molecule is Cc1ccc(C)c(C(O)c2ncnn2C[Si]C(c2ccc(F)cc2)c2ccc(F)cc2)c1. The van der Waals surface area contributed by atoms with Crippen LogP contribution in [-0.2, 0) is 6.17 Å². The van der Waals surface area contributed by atoms with Gasteiger partial charge in [0, 0.05) is 11.7 Å². The molecule has 0 fully saturated rings. The number of rotatable bonds is 7. The van der Waals surface area contributed by atoms with E-state index in [9.17, 15) is 13.9 Å². The van der Waals surface area contributed by atoms with E-state index in [1.54, 1.807) is 28.9 Å². The molecule has 1 aromatic heterocycles. The van der Waals surface area contributed by atoms with Crippen molar-refractivity contribution in [2.45, 2.75) is 31.7 Å². The molecule has 1 atom stereocenters. The van der Waals surface area contributed by atoms with Gasteiger partial charge in [-0.15, -0.1) is 0 Å². The van der Waals surface area contributed by atoms with Crippen LogP contribution in [0, 0.1) is 25.5 Å². The summed E-state index contributed by atoms with van der Waals surface area (Å²) in [4.78, 5) is 4.32. The Bertz CT molecular complexity index is 1150. The summed E-state index contributed by atoms with van der Waals surface area (Å²) in [5.41, 5.74) is 4.66. The third kappa shape index (κ3) is 4.84. The molecule has 7 heteroatoms. The Kier molecular flexibility index (Phi) is 6.57. The fraction of sp³-hybridized carbons (Fsp3) is 0.200. The number of aromatic nitrogens is 3. The van der Waals surface area contributed by atoms with Crippen LogP contribution in [0.2, 0.25) is 0 Å². The second-order valence-electron chi connectivity index (χ2n) is 7.78. The molecule has 2 radical (unpaired) electrons. The molecule has 4 aromatic rings. The van der Waals surface area contributed by atoms with Crippen molar-refractivity contribution >= 4 is 9.52 Å². The van der Waals surface area contributed by atoms with Crippen LogP contribution in [-0.4, -0.2) is 29.4 Å². The van der Waals surface area contributed by atoms with Gasteiger partial charge in [-0.3, -0.25) is 4.68 Å². The molecule has 3 aromatic carbocycles. The Morgan fingerprint density at radius 1 is 0.906 bits per heavy atom. The zero-order valence-corrected chi connectivity index (χ0v) is 18.8. The minimum absolute atomic E-state index is 0.0638. The van der Waals surface area contributed by atoms with Crippen molar-refractivity contribution in [3.8, 4) is 0 Å². The molecule has 1 unspecified atom stereocenters. The predicted octanol–water partition coefficient (Wildman–Crippen LogP) is 4.71. The van der Waals surface area contributed by atoms with E-state index < -0.39 is 6.10 Å². The minimum Gasteiger partial charge on any atom is -0.380 e. The highest BCUT2D eigenvalue weighted by Gasteiger charge is 2.22. The molecular formula is C25H23F2N3OSi. The number of aliphatic hydroxyl groups excluding tert-OH is 1. The number of hydrogen-bond donors (Lipinski definition) is 1. The number of hydrogen-bond acceptors (Lipinski definition) is 3. The lowest BCUT2D eigenvalue weighted by molar-refractivity contribution is 0.203. The first-order valence-electron chi connectivity index (χ1n) is 10.3. The summed E-state index contributed by atoms with van der Waals surface area (Å²) in [5, 5.41) is 15.4. The minimum atomic E-state index is -0.891. The van der Waals surface area contributed by atoms with Gasteiger partial charge in [-0.2, -0.15) is 5.10 Å². The van der Waals surface area contributed by atoms with Crippen LogP contribution in [0.5, 0.6) is 0 Å². The van der Waals surface area contributed by atoms with Gasteiger partial charge in [0.05, 0.1) is 9.52 Å². The van der Waals surface area contributed by atoms with Crippen molar-refractivity contribution in [1.82, 2.24) is 14.8 Å². The van der Waals surface area contributed by atoms with Gasteiger partial charge in [0.1, 0.15) is 24.1 Å². The summed E-state index contributed by atoms with van der Waals surface area (Å²) < 4.78 is 28.7. The van der Waals surface area contributed by atoms with E-state index in [1.165, 1.54) is 30.6 Å². The second kappa shape index (κ2) is 9.54. The lowest BCUT2D eigenvalue weighted by Gasteiger charge is -2.19. The smallest absolute Gasteiger partial charge is 0.160 e. The van der Waals surface area contributed by atoms with E-state index in [4.69, 9.17) is 0 Å². The van der Waals surface area contributed by atoms with Crippen LogP contribution in [0.3, 0.4) is 0 Å². The maximum atomic E-state index is 13.5. The maximum Gasteiger partial charge on any atom is 0.160 e. The van der Waals surface area contributed by atoms with Gasteiger partial charge in [-0.1, -0.05) is 48.0 Å². The topological polar surface area (TPSA) is 50.9 Å². The summed E-state index contributed by atoms with van der Waals surface area (Å²) >= 11 is 0. The Hall–Kier alpha value is -3.16. The van der Waals surface area contributed by atoms with Crippen molar-refractivity contribution in [3.05, 3.63) is 118 Å². The van der Waals surface area contributed by atoms with E-state index in [0.717, 1.165) is 27.8 Å². The standard InChI is InChI=1S/C25H23F2N3OSi/c1-16-3-4-17(2)22(13-16)23(31)25-28-14-29-30(25)15-32-24(18-5-9-20(26)10-6-18)19-7-11-21(27)12-8-19/h3-14,23-24,31H,15H2,1-2H3. The zero-order valence-electron chi connectivity index (χ0n) is 17.8. The number of aliphatic hydroxyl groups is 1. The molecule has 0 saturated heterocycles. The summed E-state index contributed by atoms with van der Waals surface area (Å²) in [7, 11) is 0.312. The molecule has 0 saturated carbocycles. The highest BCUT2D eigenvalue weighted by Crippen LogP contribution is 2.27. The van der Waals surface area contributed by atoms with E-state index in [1.807, 2.05) is 32.0 Å². The molecule has 0 aliphatic heterocycles. The molecule has 4 nitrogen and oxygen atoms in total. The summed E-state index contributed by atoms with van der Waals surface area (Å²) in [5.74, 6) is -0.126. The van der Waals surface area contributed by atoms with Crippen LogP contribution in [0.4, 0.5) is 8.78 Å². The lowest BCUT2D eigenvalue weighted by Crippen LogP contribution is -2.20. The van der Waals surface area contributed by atoms with Crippen molar-refractivity contribution in [1.29, 1.82) is 0 Å². The van der Waals surface area contributed by atoms with Gasteiger partial charge in [0.2, 0.25) is 0 Å². The zero-order chi connectivity index (χ0) is 22.7. The van der Waals surface area contributed by atoms with Crippen LogP contribution < -0.4 is 0 Å². The monoisotopic (exact) mass is 447 g/mol. The molecule has 1 heterocycles. The van der Waals surface area contributed by atoms with Gasteiger partial charge in [0.25, 0.3) is 0 Å². The number of nitrogens with zero attached hydrogens (tertiary/aromatic N) is 3. The van der Waals surface area contributed by atoms with Crippen LogP contribution in [0.1, 0.15) is 45.3 Å². The fourth-order valence-corrected chi connectivity index (χ4v) is 5.17. The Morgan fingerprint density at radius 2 is 1.50 bits per heavy atom. The Balaban J connectivity index is 1.60. The molecular weight excluding hydrogens is 424 g/mol. The van der Waals surface area contributed by atoms with Crippen molar-refractivity contribution in [2.24, 2.45) is 0 Å². The van der Waals surface area contributed by atoms with Gasteiger partial charge >= 0.3 is 0 Å². The molecule has 0 aliphatic carbocycles. The average Bonchev–Trinajstić information content (AvgIpc) is 3.26. The fourth-order valence-electron chi connectivity index (χ4n) is 3.72. The van der Waals surface area contributed by atoms with E-state index in [-0.39, 0.29) is 17.2 Å². The van der Waals surface area contributed by atoms with Gasteiger partial charge < -0.3 is 5.11 Å². The first kappa shape index (κ1) is 22.0. The molecule has 0 aliphatic rings. The van der Waals surface area contributed by atoms with Crippen molar-refractivity contribution in [2.75, 3.05) is 0 Å². The van der Waals surface area contributed by atoms with Gasteiger partial charge in [-0.25, -0.2) is 13.8 Å². The maximum absolute atomic E-state index is 13.5. The number of aryl methyl sites for hydroxylation is 2. The normalized spacial score (nSPS) is 12.3. The highest BCUT2D eigenvalue weighted by molar-refractivity contribution is 6.37. The molecule has 1 N–H and O–H groups in total. The Morgan fingerprint density at radius 3 is 2.09 bits per heavy atom. The Labute approximate surface area is 188 Å². The molecule has 4 rings (SSSR count). The molecule has 0 spiro atoms. The van der Waals surface area contributed by atoms with E-state index in [0.29, 0.717) is 21.5 Å². The van der Waals surface area contributed by atoms with E-state index in [2.05, 4.69) is 10.1 Å².